The maximum atomic E-state index is 12.5. The van der Waals surface area contributed by atoms with Crippen molar-refractivity contribution in [2.24, 2.45) is 13.0 Å². The van der Waals surface area contributed by atoms with Crippen molar-refractivity contribution in [1.29, 1.82) is 5.26 Å². The van der Waals surface area contributed by atoms with Crippen molar-refractivity contribution in [1.82, 2.24) is 24.6 Å². The maximum absolute atomic E-state index is 12.5. The summed E-state index contributed by atoms with van der Waals surface area (Å²) in [6, 6.07) is 2.14. The van der Waals surface area contributed by atoms with Gasteiger partial charge in [0, 0.05) is 51.8 Å². The van der Waals surface area contributed by atoms with Crippen LogP contribution in [-0.2, 0) is 16.6 Å². The minimum absolute atomic E-state index is 0.000540. The van der Waals surface area contributed by atoms with Crippen molar-refractivity contribution in [2.45, 2.75) is 32.7 Å². The standard InChI is InChI=1S/C20H24N8O2/c1-12-10-27(6-7-28(12)20(30)14-4-5-14)19-16(8-21)18(23-13(2)29)24-17(25-19)15-9-22-26(3)11-15/h9,11-12,14H,4-7,10H2,1-3H3,(H,23,24,25,29)/t12-/m1/s1. The summed E-state index contributed by atoms with van der Waals surface area (Å²) in [4.78, 5) is 37.2. The van der Waals surface area contributed by atoms with Crippen LogP contribution in [0.15, 0.2) is 12.4 Å². The van der Waals surface area contributed by atoms with Crippen LogP contribution < -0.4 is 10.2 Å². The third-order valence-electron chi connectivity index (χ3n) is 5.40. The molecule has 0 spiro atoms. The molecular formula is C20H24N8O2. The summed E-state index contributed by atoms with van der Waals surface area (Å²) in [5.74, 6) is 1.10. The highest BCUT2D eigenvalue weighted by Crippen LogP contribution is 2.33. The smallest absolute Gasteiger partial charge is 0.226 e. The first-order chi connectivity index (χ1) is 14.4. The maximum Gasteiger partial charge on any atom is 0.226 e. The predicted octanol–water partition coefficient (Wildman–Crippen LogP) is 1.15. The largest absolute Gasteiger partial charge is 0.351 e. The highest BCUT2D eigenvalue weighted by Gasteiger charge is 2.38. The predicted molar refractivity (Wildman–Crippen MR) is 109 cm³/mol. The molecule has 4 rings (SSSR count). The number of nitriles is 1. The summed E-state index contributed by atoms with van der Waals surface area (Å²) >= 11 is 0. The lowest BCUT2D eigenvalue weighted by Crippen LogP contribution is -2.55. The topological polar surface area (TPSA) is 120 Å². The number of rotatable bonds is 4. The van der Waals surface area contributed by atoms with Crippen molar-refractivity contribution in [2.75, 3.05) is 29.9 Å². The summed E-state index contributed by atoms with van der Waals surface area (Å²) in [5.41, 5.74) is 0.900. The van der Waals surface area contributed by atoms with Crippen LogP contribution in [-0.4, -0.2) is 62.1 Å². The Bertz CT molecular complexity index is 1040. The van der Waals surface area contributed by atoms with Gasteiger partial charge in [0.2, 0.25) is 11.8 Å². The van der Waals surface area contributed by atoms with Gasteiger partial charge >= 0.3 is 0 Å². The summed E-state index contributed by atoms with van der Waals surface area (Å²) in [6.07, 6.45) is 5.37. The Hall–Kier alpha value is -3.48. The van der Waals surface area contributed by atoms with Crippen molar-refractivity contribution >= 4 is 23.5 Å². The van der Waals surface area contributed by atoms with Crippen molar-refractivity contribution in [3.8, 4) is 17.5 Å². The normalized spacial score (nSPS) is 18.8. The molecule has 1 aliphatic carbocycles. The zero-order valence-electron chi connectivity index (χ0n) is 17.3. The summed E-state index contributed by atoms with van der Waals surface area (Å²) in [6.45, 7) is 5.06. The van der Waals surface area contributed by atoms with Crippen molar-refractivity contribution in [3.63, 3.8) is 0 Å². The van der Waals surface area contributed by atoms with Crippen LogP contribution in [0.1, 0.15) is 32.3 Å². The SMILES string of the molecule is CC(=O)Nc1nc(-c2cnn(C)c2)nc(N2CCN(C(=O)C3CC3)[C@H](C)C2)c1C#N. The van der Waals surface area contributed by atoms with Gasteiger partial charge in [0.15, 0.2) is 17.5 Å². The van der Waals surface area contributed by atoms with Crippen LogP contribution in [0, 0.1) is 17.2 Å². The van der Waals surface area contributed by atoms with E-state index in [2.05, 4.69) is 26.5 Å². The number of amides is 2. The molecule has 0 unspecified atom stereocenters. The minimum Gasteiger partial charge on any atom is -0.351 e. The Morgan fingerprint density at radius 2 is 2.03 bits per heavy atom. The van der Waals surface area contributed by atoms with Gasteiger partial charge in [-0.05, 0) is 19.8 Å². The molecule has 10 heteroatoms. The Kier molecular flexibility index (Phi) is 5.11. The van der Waals surface area contributed by atoms with Crippen LogP contribution >= 0.6 is 0 Å². The molecule has 2 aromatic heterocycles. The lowest BCUT2D eigenvalue weighted by molar-refractivity contribution is -0.135. The van der Waals surface area contributed by atoms with E-state index in [9.17, 15) is 14.9 Å². The molecule has 2 fully saturated rings. The molecule has 1 atom stereocenters. The second-order valence-corrected chi connectivity index (χ2v) is 7.89. The Morgan fingerprint density at radius 3 is 2.60 bits per heavy atom. The van der Waals surface area contributed by atoms with E-state index in [1.54, 1.807) is 24.1 Å². The molecule has 0 aromatic carbocycles. The van der Waals surface area contributed by atoms with Crippen LogP contribution in [0.25, 0.3) is 11.4 Å². The number of nitrogens with one attached hydrogen (secondary N) is 1. The number of anilines is 2. The molecule has 1 aliphatic heterocycles. The van der Waals surface area contributed by atoms with Gasteiger partial charge in [0.25, 0.3) is 0 Å². The fourth-order valence-electron chi connectivity index (χ4n) is 3.75. The highest BCUT2D eigenvalue weighted by atomic mass is 16.2. The monoisotopic (exact) mass is 408 g/mol. The van der Waals surface area contributed by atoms with Crippen LogP contribution in [0.5, 0.6) is 0 Å². The second kappa shape index (κ2) is 7.74. The lowest BCUT2D eigenvalue weighted by atomic mass is 10.1. The van der Waals surface area contributed by atoms with Crippen LogP contribution in [0.2, 0.25) is 0 Å². The highest BCUT2D eigenvalue weighted by molar-refractivity contribution is 5.90. The molecule has 2 amide bonds. The molecule has 1 saturated heterocycles. The number of aromatic nitrogens is 4. The van der Waals surface area contributed by atoms with E-state index in [0.717, 1.165) is 12.8 Å². The fourth-order valence-corrected chi connectivity index (χ4v) is 3.75. The van der Waals surface area contributed by atoms with Crippen molar-refractivity contribution < 1.29 is 9.59 Å². The first-order valence-electron chi connectivity index (χ1n) is 10.0. The van der Waals surface area contributed by atoms with Crippen LogP contribution in [0.4, 0.5) is 11.6 Å². The molecule has 2 aromatic rings. The van der Waals surface area contributed by atoms with Gasteiger partial charge in [-0.15, -0.1) is 0 Å². The average molecular weight is 408 g/mol. The molecular weight excluding hydrogens is 384 g/mol. The third-order valence-corrected chi connectivity index (χ3v) is 5.40. The molecule has 156 valence electrons. The number of hydrogen-bond acceptors (Lipinski definition) is 7. The number of carbonyl (C=O) groups is 2. The van der Waals surface area contributed by atoms with E-state index in [0.29, 0.717) is 36.8 Å². The number of nitrogens with zero attached hydrogens (tertiary/aromatic N) is 7. The van der Waals surface area contributed by atoms with Gasteiger partial charge in [0.1, 0.15) is 11.6 Å². The minimum atomic E-state index is -0.318. The summed E-state index contributed by atoms with van der Waals surface area (Å²) in [7, 11) is 1.79. The average Bonchev–Trinajstić information content (AvgIpc) is 3.47. The third kappa shape index (κ3) is 3.83. The van der Waals surface area contributed by atoms with Gasteiger partial charge in [-0.3, -0.25) is 14.3 Å². The van der Waals surface area contributed by atoms with E-state index < -0.39 is 0 Å². The molecule has 0 bridgehead atoms. The number of aryl methyl sites for hydroxylation is 1. The molecule has 2 aliphatic rings. The molecule has 3 heterocycles. The van der Waals surface area contributed by atoms with Gasteiger partial charge in [0.05, 0.1) is 11.8 Å². The van der Waals surface area contributed by atoms with E-state index in [1.807, 2.05) is 16.7 Å². The number of hydrogen-bond donors (Lipinski definition) is 1. The zero-order chi connectivity index (χ0) is 21.4. The van der Waals surface area contributed by atoms with Crippen LogP contribution in [0.3, 0.4) is 0 Å². The van der Waals surface area contributed by atoms with Gasteiger partial charge in [-0.1, -0.05) is 0 Å². The Morgan fingerprint density at radius 1 is 1.27 bits per heavy atom. The van der Waals surface area contributed by atoms with Gasteiger partial charge in [-0.2, -0.15) is 10.4 Å². The summed E-state index contributed by atoms with van der Waals surface area (Å²) in [5, 5.41) is 16.6. The molecule has 30 heavy (non-hydrogen) atoms. The zero-order valence-corrected chi connectivity index (χ0v) is 17.3. The fraction of sp³-hybridized carbons (Fsp3) is 0.500. The van der Waals surface area contributed by atoms with E-state index in [1.165, 1.54) is 6.92 Å². The first kappa shape index (κ1) is 19.8. The number of carbonyl (C=O) groups excluding carboxylic acids is 2. The Labute approximate surface area is 174 Å². The van der Waals surface area contributed by atoms with Gasteiger partial charge < -0.3 is 15.1 Å². The molecule has 0 radical (unpaired) electrons. The molecule has 1 saturated carbocycles. The van der Waals surface area contributed by atoms with E-state index in [4.69, 9.17) is 0 Å². The lowest BCUT2D eigenvalue weighted by Gasteiger charge is -2.41. The number of piperazine rings is 1. The summed E-state index contributed by atoms with van der Waals surface area (Å²) < 4.78 is 1.64. The quantitative estimate of drug-likeness (QED) is 0.806. The van der Waals surface area contributed by atoms with Gasteiger partial charge in [-0.25, -0.2) is 9.97 Å². The molecule has 10 nitrogen and oxygen atoms in total. The molecule has 1 N–H and O–H groups in total. The Balaban J connectivity index is 1.70. The van der Waals surface area contributed by atoms with E-state index in [-0.39, 0.29) is 35.2 Å². The first-order valence-corrected chi connectivity index (χ1v) is 10.0. The van der Waals surface area contributed by atoms with E-state index >= 15 is 0 Å². The van der Waals surface area contributed by atoms with Crippen molar-refractivity contribution in [3.05, 3.63) is 18.0 Å². The second-order valence-electron chi connectivity index (χ2n) is 7.89.